The maximum Gasteiger partial charge on any atom is 0.377 e. The lowest BCUT2D eigenvalue weighted by atomic mass is 10.1. The average molecular weight is 524 g/mol. The van der Waals surface area contributed by atoms with E-state index in [4.69, 9.17) is 52.7 Å². The molecule has 2 aromatic carbocycles. The zero-order valence-electron chi connectivity index (χ0n) is 21.2. The Hall–Kier alpha value is -3.94. The van der Waals surface area contributed by atoms with Crippen LogP contribution >= 0.6 is 0 Å². The molecule has 0 N–H and O–H groups in total. The molecular weight excluding hydrogens is 496 g/mol. The first kappa shape index (κ1) is 29.3. The molecule has 37 heavy (non-hydrogen) atoms. The van der Waals surface area contributed by atoms with Crippen molar-refractivity contribution >= 4 is 11.9 Å². The van der Waals surface area contributed by atoms with E-state index in [0.717, 1.165) is 0 Å². The second kappa shape index (κ2) is 14.6. The van der Waals surface area contributed by atoms with Crippen molar-refractivity contribution < 1.29 is 62.3 Å². The van der Waals surface area contributed by atoms with Crippen LogP contribution in [0.4, 0.5) is 0 Å². The fourth-order valence-corrected chi connectivity index (χ4v) is 2.85. The van der Waals surface area contributed by atoms with E-state index < -0.39 is 24.8 Å². The fourth-order valence-electron chi connectivity index (χ4n) is 2.85. The van der Waals surface area contributed by atoms with E-state index in [2.05, 4.69) is 6.92 Å². The summed E-state index contributed by atoms with van der Waals surface area (Å²) in [6.07, 6.45) is -0.524. The van der Waals surface area contributed by atoms with E-state index in [0.29, 0.717) is 11.5 Å². The highest BCUT2D eigenvalue weighted by Crippen LogP contribution is 2.36. The summed E-state index contributed by atoms with van der Waals surface area (Å²) >= 11 is 0. The molecule has 13 nitrogen and oxygen atoms in total. The van der Waals surface area contributed by atoms with Crippen LogP contribution in [0.3, 0.4) is 0 Å². The molecule has 0 aromatic heterocycles. The molecule has 0 fully saturated rings. The quantitative estimate of drug-likeness (QED) is 0.250. The van der Waals surface area contributed by atoms with Gasteiger partial charge in [0.25, 0.3) is 0 Å². The van der Waals surface area contributed by atoms with Crippen LogP contribution in [0, 0.1) is 13.2 Å². The van der Waals surface area contributed by atoms with Gasteiger partial charge in [-0.1, -0.05) is 0 Å². The van der Waals surface area contributed by atoms with Gasteiger partial charge in [0.05, 0.1) is 42.7 Å². The van der Waals surface area contributed by atoms with Crippen LogP contribution in [0.5, 0.6) is 34.5 Å². The van der Waals surface area contributed by atoms with Crippen LogP contribution in [-0.4, -0.2) is 67.8 Å². The van der Waals surface area contributed by atoms with Crippen LogP contribution in [0.2, 0.25) is 0 Å². The standard InChI is InChI=1S/C24H28O13/c1-8-33-13-22(34-36-23(25)14-9-18(29-4)20(31-6)11-16(14)27-2)35-37-24(26)15-10-19(30-5)21(32-7)12-17(15)28-3/h9-12H,1,8,13H2,2-7H3. The molecule has 2 rings (SSSR count). The SMILES string of the molecule is [CH2]COC[C](OOC(=O)c1cc(OC)c(OC)cc1OC)OOC(=O)c1cc(OC)c(OC)cc1OC. The topological polar surface area (TPSA) is 136 Å². The molecule has 0 saturated heterocycles. The Morgan fingerprint density at radius 3 is 1.24 bits per heavy atom. The number of hydrogen-bond donors (Lipinski definition) is 0. The van der Waals surface area contributed by atoms with E-state index in [1.54, 1.807) is 0 Å². The van der Waals surface area contributed by atoms with Crippen LogP contribution in [-0.2, 0) is 24.3 Å². The third-order valence-electron chi connectivity index (χ3n) is 4.64. The predicted octanol–water partition coefficient (Wildman–Crippen LogP) is 2.96. The van der Waals surface area contributed by atoms with Gasteiger partial charge in [0, 0.05) is 30.9 Å². The largest absolute Gasteiger partial charge is 0.496 e. The van der Waals surface area contributed by atoms with Crippen molar-refractivity contribution in [1.82, 2.24) is 0 Å². The molecule has 0 unspecified atom stereocenters. The van der Waals surface area contributed by atoms with Crippen molar-refractivity contribution in [3.63, 3.8) is 0 Å². The maximum atomic E-state index is 12.6. The zero-order valence-corrected chi connectivity index (χ0v) is 21.2. The minimum Gasteiger partial charge on any atom is -0.496 e. The summed E-state index contributed by atoms with van der Waals surface area (Å²) in [5.41, 5.74) is -0.103. The Morgan fingerprint density at radius 2 is 0.919 bits per heavy atom. The van der Waals surface area contributed by atoms with Crippen LogP contribution in [0.1, 0.15) is 20.7 Å². The second-order valence-electron chi connectivity index (χ2n) is 6.65. The number of carbonyl (C=O) groups is 2. The third-order valence-corrected chi connectivity index (χ3v) is 4.64. The lowest BCUT2D eigenvalue weighted by Crippen LogP contribution is -2.20. The van der Waals surface area contributed by atoms with E-state index in [-0.39, 0.29) is 40.7 Å². The monoisotopic (exact) mass is 524 g/mol. The Morgan fingerprint density at radius 1 is 0.568 bits per heavy atom. The van der Waals surface area contributed by atoms with Crippen molar-refractivity contribution in [1.29, 1.82) is 0 Å². The normalized spacial score (nSPS) is 10.5. The Kier molecular flexibility index (Phi) is 11.5. The average Bonchev–Trinajstić information content (AvgIpc) is 2.94. The van der Waals surface area contributed by atoms with Gasteiger partial charge < -0.3 is 33.2 Å². The van der Waals surface area contributed by atoms with Gasteiger partial charge in [-0.15, -0.1) is 9.78 Å². The molecule has 0 aliphatic rings. The highest BCUT2D eigenvalue weighted by Gasteiger charge is 2.26. The Bertz CT molecular complexity index is 974. The fraction of sp³-hybridized carbons (Fsp3) is 0.333. The third kappa shape index (κ3) is 7.52. The lowest BCUT2D eigenvalue weighted by Gasteiger charge is -2.16. The Balaban J connectivity index is 2.14. The van der Waals surface area contributed by atoms with Crippen molar-refractivity contribution in [3.8, 4) is 34.5 Å². The number of carbonyl (C=O) groups excluding carboxylic acids is 2. The summed E-state index contributed by atoms with van der Waals surface area (Å²) in [7, 11) is 8.35. The van der Waals surface area contributed by atoms with Crippen molar-refractivity contribution in [2.75, 3.05) is 55.9 Å². The van der Waals surface area contributed by atoms with Gasteiger partial charge in [0.1, 0.15) is 29.2 Å². The molecule has 2 aromatic rings. The summed E-state index contributed by atoms with van der Waals surface area (Å²) < 4.78 is 36.2. The molecule has 0 atom stereocenters. The number of rotatable bonds is 15. The minimum atomic E-state index is -0.985. The van der Waals surface area contributed by atoms with Crippen molar-refractivity contribution in [2.45, 2.75) is 0 Å². The molecule has 0 aliphatic carbocycles. The van der Waals surface area contributed by atoms with Gasteiger partial charge in [-0.25, -0.2) is 9.59 Å². The minimum absolute atomic E-state index is 0.00508. The molecule has 13 heteroatoms. The first-order valence-corrected chi connectivity index (χ1v) is 10.5. The molecule has 0 amide bonds. The maximum absolute atomic E-state index is 12.6. The highest BCUT2D eigenvalue weighted by molar-refractivity contribution is 5.94. The van der Waals surface area contributed by atoms with Gasteiger partial charge >= 0.3 is 18.2 Å². The van der Waals surface area contributed by atoms with E-state index in [9.17, 15) is 9.59 Å². The van der Waals surface area contributed by atoms with Crippen LogP contribution < -0.4 is 28.4 Å². The summed E-state index contributed by atoms with van der Waals surface area (Å²) in [6.45, 7) is 3.13. The molecule has 0 aliphatic heterocycles. The van der Waals surface area contributed by atoms with E-state index in [1.807, 2.05) is 0 Å². The number of methoxy groups -OCH3 is 6. The summed E-state index contributed by atoms with van der Waals surface area (Å²) in [6, 6.07) is 5.53. The van der Waals surface area contributed by atoms with Crippen molar-refractivity contribution in [2.24, 2.45) is 0 Å². The van der Waals surface area contributed by atoms with Gasteiger partial charge in [-0.3, -0.25) is 9.78 Å². The number of ether oxygens (including phenoxy) is 7. The van der Waals surface area contributed by atoms with E-state index in [1.165, 1.54) is 66.9 Å². The first-order chi connectivity index (χ1) is 17.9. The highest BCUT2D eigenvalue weighted by atomic mass is 17.3. The first-order valence-electron chi connectivity index (χ1n) is 10.5. The molecule has 2 radical (unpaired) electrons. The van der Waals surface area contributed by atoms with Gasteiger partial charge in [0.2, 0.25) is 0 Å². The number of benzene rings is 2. The van der Waals surface area contributed by atoms with Crippen molar-refractivity contribution in [3.05, 3.63) is 48.6 Å². The van der Waals surface area contributed by atoms with Crippen LogP contribution in [0.25, 0.3) is 0 Å². The Labute approximate surface area is 213 Å². The molecule has 0 saturated carbocycles. The number of hydrogen-bond acceptors (Lipinski definition) is 13. The summed E-state index contributed by atoms with van der Waals surface area (Å²) in [5, 5.41) is 0. The van der Waals surface area contributed by atoms with Gasteiger partial charge in [-0.2, -0.15) is 0 Å². The predicted molar refractivity (Wildman–Crippen MR) is 125 cm³/mol. The second-order valence-corrected chi connectivity index (χ2v) is 6.65. The zero-order chi connectivity index (χ0) is 27.4. The molecule has 0 spiro atoms. The van der Waals surface area contributed by atoms with Crippen LogP contribution in [0.15, 0.2) is 24.3 Å². The van der Waals surface area contributed by atoms with Gasteiger partial charge in [0.15, 0.2) is 23.0 Å². The molecular formula is C24H28O13. The summed E-state index contributed by atoms with van der Waals surface area (Å²) in [4.78, 5) is 44.8. The molecule has 202 valence electrons. The van der Waals surface area contributed by atoms with E-state index >= 15 is 0 Å². The van der Waals surface area contributed by atoms with Gasteiger partial charge in [-0.05, 0) is 6.92 Å². The summed E-state index contributed by atoms with van der Waals surface area (Å²) in [5.74, 6) is -0.586. The lowest BCUT2D eigenvalue weighted by molar-refractivity contribution is -0.368. The molecule has 0 heterocycles. The smallest absolute Gasteiger partial charge is 0.377 e. The molecule has 0 bridgehead atoms.